The largest absolute Gasteiger partial charge is 0.488 e. The number of aliphatic hydroxyl groups excluding tert-OH is 1. The summed E-state index contributed by atoms with van der Waals surface area (Å²) in [5.74, 6) is 0.769. The minimum Gasteiger partial charge on any atom is -0.488 e. The summed E-state index contributed by atoms with van der Waals surface area (Å²) in [5, 5.41) is 8.73. The van der Waals surface area contributed by atoms with E-state index < -0.39 is 0 Å². The van der Waals surface area contributed by atoms with Crippen LogP contribution >= 0.6 is 15.9 Å². The zero-order chi connectivity index (χ0) is 8.97. The van der Waals surface area contributed by atoms with Crippen molar-refractivity contribution < 1.29 is 9.84 Å². The molecule has 0 amide bonds. The van der Waals surface area contributed by atoms with Gasteiger partial charge in [-0.15, -0.1) is 0 Å². The molecule has 0 saturated carbocycles. The van der Waals surface area contributed by atoms with Crippen LogP contribution in [0.25, 0.3) is 0 Å². The molecule has 0 heterocycles. The average Bonchev–Trinajstić information content (AvgIpc) is 2.04. The van der Waals surface area contributed by atoms with Gasteiger partial charge in [0, 0.05) is 4.47 Å². The second kappa shape index (κ2) is 4.48. The van der Waals surface area contributed by atoms with Gasteiger partial charge in [-0.3, -0.25) is 0 Å². The lowest BCUT2D eigenvalue weighted by molar-refractivity contribution is 0.129. The zero-order valence-corrected chi connectivity index (χ0v) is 8.41. The smallest absolute Gasteiger partial charge is 0.120 e. The second-order valence-corrected chi connectivity index (χ2v) is 3.48. The second-order valence-electron chi connectivity index (χ2n) is 2.57. The fourth-order valence-electron chi connectivity index (χ4n) is 0.810. The maximum atomic E-state index is 8.73. The van der Waals surface area contributed by atoms with Gasteiger partial charge in [-0.05, 0) is 25.1 Å². The highest BCUT2D eigenvalue weighted by molar-refractivity contribution is 9.10. The molecule has 0 saturated heterocycles. The van der Waals surface area contributed by atoms with Crippen LogP contribution in [0.2, 0.25) is 0 Å². The maximum Gasteiger partial charge on any atom is 0.120 e. The molecule has 1 atom stereocenters. The van der Waals surface area contributed by atoms with E-state index in [1.807, 2.05) is 31.2 Å². The van der Waals surface area contributed by atoms with Crippen molar-refractivity contribution in [3.63, 3.8) is 0 Å². The van der Waals surface area contributed by atoms with Gasteiger partial charge in [0.05, 0.1) is 6.61 Å². The first kappa shape index (κ1) is 9.55. The van der Waals surface area contributed by atoms with E-state index in [2.05, 4.69) is 15.9 Å². The van der Waals surface area contributed by atoms with Gasteiger partial charge < -0.3 is 9.84 Å². The van der Waals surface area contributed by atoms with Gasteiger partial charge in [0.15, 0.2) is 0 Å². The van der Waals surface area contributed by atoms with E-state index >= 15 is 0 Å². The molecule has 0 spiro atoms. The van der Waals surface area contributed by atoms with E-state index in [0.29, 0.717) is 0 Å². The van der Waals surface area contributed by atoms with E-state index in [4.69, 9.17) is 9.84 Å². The predicted molar refractivity (Wildman–Crippen MR) is 51.3 cm³/mol. The van der Waals surface area contributed by atoms with Crippen LogP contribution in [-0.4, -0.2) is 17.8 Å². The number of aliphatic hydroxyl groups is 1. The molecule has 1 unspecified atom stereocenters. The first-order chi connectivity index (χ1) is 5.72. The highest BCUT2D eigenvalue weighted by atomic mass is 79.9. The molecule has 1 aromatic carbocycles. The van der Waals surface area contributed by atoms with Gasteiger partial charge >= 0.3 is 0 Å². The van der Waals surface area contributed by atoms with Crippen LogP contribution in [0.1, 0.15) is 6.92 Å². The number of halogens is 1. The normalized spacial score (nSPS) is 12.6. The molecule has 0 radical (unpaired) electrons. The monoisotopic (exact) mass is 230 g/mol. The molecule has 3 heteroatoms. The Morgan fingerprint density at radius 2 is 2.33 bits per heavy atom. The van der Waals surface area contributed by atoms with Crippen LogP contribution in [0.3, 0.4) is 0 Å². The highest BCUT2D eigenvalue weighted by Gasteiger charge is 2.00. The lowest BCUT2D eigenvalue weighted by Crippen LogP contribution is -2.15. The zero-order valence-electron chi connectivity index (χ0n) is 6.83. The Morgan fingerprint density at radius 1 is 1.58 bits per heavy atom. The SMILES string of the molecule is CC(CO)Oc1cccc(Br)c1. The molecule has 1 rings (SSSR count). The third-order valence-electron chi connectivity index (χ3n) is 1.39. The first-order valence-electron chi connectivity index (χ1n) is 3.75. The summed E-state index contributed by atoms with van der Waals surface area (Å²) < 4.78 is 6.34. The van der Waals surface area contributed by atoms with Crippen LogP contribution in [0, 0.1) is 0 Å². The summed E-state index contributed by atoms with van der Waals surface area (Å²) in [6, 6.07) is 7.54. The van der Waals surface area contributed by atoms with Crippen LogP contribution in [-0.2, 0) is 0 Å². The molecule has 0 aliphatic carbocycles. The van der Waals surface area contributed by atoms with Crippen molar-refractivity contribution >= 4 is 15.9 Å². The third-order valence-corrected chi connectivity index (χ3v) is 1.88. The maximum absolute atomic E-state index is 8.73. The minimum atomic E-state index is -0.153. The lowest BCUT2D eigenvalue weighted by Gasteiger charge is -2.11. The molecule has 0 aromatic heterocycles. The quantitative estimate of drug-likeness (QED) is 0.864. The number of ether oxygens (including phenoxy) is 1. The van der Waals surface area contributed by atoms with E-state index in [1.165, 1.54) is 0 Å². The third kappa shape index (κ3) is 2.83. The Morgan fingerprint density at radius 3 is 2.92 bits per heavy atom. The van der Waals surface area contributed by atoms with Crippen LogP contribution in [0.15, 0.2) is 28.7 Å². The van der Waals surface area contributed by atoms with Crippen molar-refractivity contribution in [3.8, 4) is 5.75 Å². The van der Waals surface area contributed by atoms with Gasteiger partial charge in [0.25, 0.3) is 0 Å². The van der Waals surface area contributed by atoms with Gasteiger partial charge in [-0.25, -0.2) is 0 Å². The van der Waals surface area contributed by atoms with E-state index in [1.54, 1.807) is 0 Å². The molecule has 12 heavy (non-hydrogen) atoms. The summed E-state index contributed by atoms with van der Waals surface area (Å²) in [6.07, 6.45) is -0.153. The highest BCUT2D eigenvalue weighted by Crippen LogP contribution is 2.18. The van der Waals surface area contributed by atoms with Crippen molar-refractivity contribution in [2.75, 3.05) is 6.61 Å². The molecular weight excluding hydrogens is 220 g/mol. The fourth-order valence-corrected chi connectivity index (χ4v) is 1.19. The molecule has 1 N–H and O–H groups in total. The molecule has 0 fully saturated rings. The molecule has 66 valence electrons. The van der Waals surface area contributed by atoms with Crippen molar-refractivity contribution in [1.82, 2.24) is 0 Å². The summed E-state index contributed by atoms with van der Waals surface area (Å²) in [6.45, 7) is 1.85. The van der Waals surface area contributed by atoms with E-state index in [0.717, 1.165) is 10.2 Å². The van der Waals surface area contributed by atoms with Gasteiger partial charge in [-0.1, -0.05) is 22.0 Å². The molecular formula is C9H11BrO2. The summed E-state index contributed by atoms with van der Waals surface area (Å²) in [5.41, 5.74) is 0. The number of benzene rings is 1. The molecule has 0 aliphatic heterocycles. The van der Waals surface area contributed by atoms with Crippen LogP contribution < -0.4 is 4.74 Å². The fraction of sp³-hybridized carbons (Fsp3) is 0.333. The topological polar surface area (TPSA) is 29.5 Å². The first-order valence-corrected chi connectivity index (χ1v) is 4.55. The molecule has 2 nitrogen and oxygen atoms in total. The number of hydrogen-bond donors (Lipinski definition) is 1. The Bertz CT molecular complexity index is 250. The van der Waals surface area contributed by atoms with Gasteiger partial charge in [0.1, 0.15) is 11.9 Å². The Labute approximate surface area is 80.3 Å². The molecule has 0 bridgehead atoms. The van der Waals surface area contributed by atoms with Crippen LogP contribution in [0.4, 0.5) is 0 Å². The minimum absolute atomic E-state index is 0.0342. The van der Waals surface area contributed by atoms with E-state index in [9.17, 15) is 0 Å². The average molecular weight is 231 g/mol. The Balaban J connectivity index is 2.63. The van der Waals surface area contributed by atoms with Crippen molar-refractivity contribution in [1.29, 1.82) is 0 Å². The van der Waals surface area contributed by atoms with Gasteiger partial charge in [0.2, 0.25) is 0 Å². The summed E-state index contributed by atoms with van der Waals surface area (Å²) >= 11 is 3.33. The van der Waals surface area contributed by atoms with E-state index in [-0.39, 0.29) is 12.7 Å². The van der Waals surface area contributed by atoms with Crippen molar-refractivity contribution in [2.45, 2.75) is 13.0 Å². The van der Waals surface area contributed by atoms with Gasteiger partial charge in [-0.2, -0.15) is 0 Å². The standard InChI is InChI=1S/C9H11BrO2/c1-7(6-11)12-9-4-2-3-8(10)5-9/h2-5,7,11H,6H2,1H3. The molecule has 1 aromatic rings. The lowest BCUT2D eigenvalue weighted by atomic mass is 10.3. The predicted octanol–water partition coefficient (Wildman–Crippen LogP) is 2.21. The Kier molecular flexibility index (Phi) is 3.56. The number of hydrogen-bond acceptors (Lipinski definition) is 2. The van der Waals surface area contributed by atoms with Crippen LogP contribution in [0.5, 0.6) is 5.75 Å². The number of rotatable bonds is 3. The van der Waals surface area contributed by atoms with Crippen molar-refractivity contribution in [2.24, 2.45) is 0 Å². The molecule has 0 aliphatic rings. The Hall–Kier alpha value is -0.540. The summed E-state index contributed by atoms with van der Waals surface area (Å²) in [7, 11) is 0. The summed E-state index contributed by atoms with van der Waals surface area (Å²) in [4.78, 5) is 0. The van der Waals surface area contributed by atoms with Crippen molar-refractivity contribution in [3.05, 3.63) is 28.7 Å².